The zero-order chi connectivity index (χ0) is 27.4. The van der Waals surface area contributed by atoms with Gasteiger partial charge in [0.25, 0.3) is 5.12 Å². The smallest absolute Gasteiger partial charge is 0.257 e. The topological polar surface area (TPSA) is 147 Å². The first-order valence-electron chi connectivity index (χ1n) is 13.2. The SMILES string of the molecule is CCSC(=O)C(=O)C(NC(=O)C1CCC2CN(S(=O)(=O)Cc3ccccc3)CC(=O)N21)C1CCC(N)CC1. The highest BCUT2D eigenvalue weighted by Gasteiger charge is 2.48. The summed E-state index contributed by atoms with van der Waals surface area (Å²) in [5.74, 6) is -1.46. The number of ketones is 1. The maximum atomic E-state index is 13.4. The summed E-state index contributed by atoms with van der Waals surface area (Å²) < 4.78 is 27.3. The number of amides is 2. The highest BCUT2D eigenvalue weighted by molar-refractivity contribution is 8.15. The largest absolute Gasteiger partial charge is 0.344 e. The number of fused-ring (bicyclic) bond motifs is 1. The van der Waals surface area contributed by atoms with Crippen molar-refractivity contribution in [3.05, 3.63) is 35.9 Å². The molecule has 38 heavy (non-hydrogen) atoms. The first-order valence-corrected chi connectivity index (χ1v) is 15.8. The molecule has 10 nitrogen and oxygen atoms in total. The molecule has 2 saturated heterocycles. The average molecular weight is 565 g/mol. The van der Waals surface area contributed by atoms with E-state index in [0.717, 1.165) is 11.8 Å². The predicted octanol–water partition coefficient (Wildman–Crippen LogP) is 1.04. The van der Waals surface area contributed by atoms with Crippen molar-refractivity contribution < 1.29 is 27.6 Å². The van der Waals surface area contributed by atoms with Gasteiger partial charge in [-0.25, -0.2) is 8.42 Å². The predicted molar refractivity (Wildman–Crippen MR) is 144 cm³/mol. The van der Waals surface area contributed by atoms with Gasteiger partial charge < -0.3 is 16.0 Å². The van der Waals surface area contributed by atoms with Crippen LogP contribution in [0.15, 0.2) is 30.3 Å². The minimum Gasteiger partial charge on any atom is -0.344 e. The standard InChI is InChI=1S/C26H36N4O6S2/c1-2-37-26(34)24(32)23(18-8-10-19(27)11-9-18)28-25(33)21-13-12-20-14-29(15-22(31)30(20)21)38(35,36)16-17-6-4-3-5-7-17/h3-7,18-21,23H,2,8-16,27H2,1H3,(H,28,33). The summed E-state index contributed by atoms with van der Waals surface area (Å²) in [4.78, 5) is 53.6. The lowest BCUT2D eigenvalue weighted by molar-refractivity contribution is -0.144. The van der Waals surface area contributed by atoms with E-state index in [1.807, 2.05) is 6.07 Å². The van der Waals surface area contributed by atoms with Crippen LogP contribution < -0.4 is 11.1 Å². The van der Waals surface area contributed by atoms with Gasteiger partial charge in [0.15, 0.2) is 0 Å². The Labute approximate surface area is 228 Å². The summed E-state index contributed by atoms with van der Waals surface area (Å²) >= 11 is 0.922. The van der Waals surface area contributed by atoms with Crippen LogP contribution in [0.3, 0.4) is 0 Å². The van der Waals surface area contributed by atoms with Gasteiger partial charge in [0.05, 0.1) is 18.3 Å². The molecule has 3 atom stereocenters. The number of rotatable bonds is 9. The van der Waals surface area contributed by atoms with Gasteiger partial charge in [-0.2, -0.15) is 4.31 Å². The number of nitrogens with zero attached hydrogens (tertiary/aromatic N) is 2. The van der Waals surface area contributed by atoms with Crippen molar-refractivity contribution in [1.82, 2.24) is 14.5 Å². The van der Waals surface area contributed by atoms with Crippen molar-refractivity contribution in [2.24, 2.45) is 11.7 Å². The van der Waals surface area contributed by atoms with Crippen LogP contribution in [-0.2, 0) is 35.0 Å². The molecular formula is C26H36N4O6S2. The molecule has 2 heterocycles. The fourth-order valence-corrected chi connectivity index (χ4v) is 7.81. The number of piperazine rings is 1. The van der Waals surface area contributed by atoms with Gasteiger partial charge in [0, 0.05) is 18.6 Å². The lowest BCUT2D eigenvalue weighted by atomic mass is 9.80. The van der Waals surface area contributed by atoms with Crippen molar-refractivity contribution in [3.63, 3.8) is 0 Å². The van der Waals surface area contributed by atoms with Gasteiger partial charge in [-0.05, 0) is 55.8 Å². The summed E-state index contributed by atoms with van der Waals surface area (Å²) in [6.45, 7) is 1.58. The minimum atomic E-state index is -3.72. The molecule has 1 aromatic rings. The molecule has 3 unspecified atom stereocenters. The summed E-state index contributed by atoms with van der Waals surface area (Å²) in [6.07, 6.45) is 3.52. The van der Waals surface area contributed by atoms with Crippen LogP contribution in [-0.4, -0.2) is 83.3 Å². The molecular weight excluding hydrogens is 528 g/mol. The molecule has 2 aliphatic heterocycles. The van der Waals surface area contributed by atoms with E-state index in [9.17, 15) is 27.6 Å². The maximum Gasteiger partial charge on any atom is 0.257 e. The second-order valence-electron chi connectivity index (χ2n) is 10.3. The highest BCUT2D eigenvalue weighted by Crippen LogP contribution is 2.32. The van der Waals surface area contributed by atoms with E-state index in [2.05, 4.69) is 5.32 Å². The second-order valence-corrected chi connectivity index (χ2v) is 13.5. The maximum absolute atomic E-state index is 13.4. The lowest BCUT2D eigenvalue weighted by Crippen LogP contribution is -2.61. The van der Waals surface area contributed by atoms with E-state index in [0.29, 0.717) is 49.8 Å². The third-order valence-corrected chi connectivity index (χ3v) is 10.3. The number of hydrogen-bond donors (Lipinski definition) is 2. The van der Waals surface area contributed by atoms with E-state index < -0.39 is 50.9 Å². The lowest BCUT2D eigenvalue weighted by Gasteiger charge is -2.39. The fourth-order valence-electron chi connectivity index (χ4n) is 5.77. The number of nitrogens with two attached hydrogens (primary N) is 1. The molecule has 0 bridgehead atoms. The third kappa shape index (κ3) is 6.47. The Morgan fingerprint density at radius 1 is 1.08 bits per heavy atom. The number of carbonyl (C=O) groups excluding carboxylic acids is 4. The van der Waals surface area contributed by atoms with Crippen molar-refractivity contribution in [2.75, 3.05) is 18.8 Å². The Morgan fingerprint density at radius 3 is 2.42 bits per heavy atom. The molecule has 2 amide bonds. The van der Waals surface area contributed by atoms with E-state index in [1.54, 1.807) is 31.2 Å². The van der Waals surface area contributed by atoms with E-state index in [-0.39, 0.29) is 30.8 Å². The molecule has 0 aromatic heterocycles. The Morgan fingerprint density at radius 2 is 1.76 bits per heavy atom. The van der Waals surface area contributed by atoms with Crippen LogP contribution >= 0.6 is 11.8 Å². The molecule has 1 aromatic carbocycles. The summed E-state index contributed by atoms with van der Waals surface area (Å²) in [5, 5.41) is 2.24. The zero-order valence-electron chi connectivity index (χ0n) is 21.6. The average Bonchev–Trinajstić information content (AvgIpc) is 3.33. The highest BCUT2D eigenvalue weighted by atomic mass is 32.2. The monoisotopic (exact) mass is 564 g/mol. The Bertz CT molecular complexity index is 1150. The summed E-state index contributed by atoms with van der Waals surface area (Å²) in [7, 11) is -3.72. The normalized spacial score (nSPS) is 27.0. The zero-order valence-corrected chi connectivity index (χ0v) is 23.2. The Kier molecular flexibility index (Phi) is 9.27. The number of thioether (sulfide) groups is 1. The first kappa shape index (κ1) is 28.7. The van der Waals surface area contributed by atoms with Crippen LogP contribution in [0.25, 0.3) is 0 Å². The van der Waals surface area contributed by atoms with Crippen LogP contribution in [0.2, 0.25) is 0 Å². The molecule has 3 aliphatic rings. The van der Waals surface area contributed by atoms with Crippen LogP contribution in [0, 0.1) is 5.92 Å². The quantitative estimate of drug-likeness (QED) is 0.423. The van der Waals surface area contributed by atoms with Crippen LogP contribution in [0.1, 0.15) is 51.0 Å². The molecule has 3 fully saturated rings. The first-order chi connectivity index (χ1) is 18.1. The number of hydrogen-bond acceptors (Lipinski definition) is 8. The van der Waals surface area contributed by atoms with E-state index in [4.69, 9.17) is 5.73 Å². The van der Waals surface area contributed by atoms with Crippen molar-refractivity contribution in [3.8, 4) is 0 Å². The minimum absolute atomic E-state index is 0.0427. The molecule has 4 rings (SSSR count). The number of benzene rings is 1. The van der Waals surface area contributed by atoms with E-state index >= 15 is 0 Å². The van der Waals surface area contributed by atoms with Crippen LogP contribution in [0.4, 0.5) is 0 Å². The fraction of sp³-hybridized carbons (Fsp3) is 0.615. The molecule has 0 radical (unpaired) electrons. The number of sulfonamides is 1. The number of nitrogens with one attached hydrogen (secondary N) is 1. The third-order valence-electron chi connectivity index (χ3n) is 7.75. The van der Waals surface area contributed by atoms with Crippen molar-refractivity contribution in [2.45, 2.75) is 75.4 Å². The second kappa shape index (κ2) is 12.3. The molecule has 208 valence electrons. The van der Waals surface area contributed by atoms with Crippen molar-refractivity contribution >= 4 is 44.5 Å². The van der Waals surface area contributed by atoms with Gasteiger partial charge in [-0.3, -0.25) is 19.2 Å². The van der Waals surface area contributed by atoms with Crippen LogP contribution in [0.5, 0.6) is 0 Å². The van der Waals surface area contributed by atoms with Gasteiger partial charge in [-0.1, -0.05) is 49.0 Å². The summed E-state index contributed by atoms with van der Waals surface area (Å²) in [5.41, 5.74) is 6.66. The van der Waals surface area contributed by atoms with Crippen molar-refractivity contribution in [1.29, 1.82) is 0 Å². The van der Waals surface area contributed by atoms with Gasteiger partial charge >= 0.3 is 0 Å². The van der Waals surface area contributed by atoms with Gasteiger partial charge in [-0.15, -0.1) is 0 Å². The van der Waals surface area contributed by atoms with Gasteiger partial charge in [0.1, 0.15) is 6.04 Å². The molecule has 1 saturated carbocycles. The molecule has 0 spiro atoms. The Hall–Kier alpha value is -2.28. The van der Waals surface area contributed by atoms with Gasteiger partial charge in [0.2, 0.25) is 27.6 Å². The molecule has 12 heteroatoms. The number of Topliss-reactive ketones (excluding diaryl/α,β-unsaturated/α-hetero) is 1. The molecule has 3 N–H and O–H groups in total. The van der Waals surface area contributed by atoms with E-state index in [1.165, 1.54) is 9.21 Å². The molecule has 1 aliphatic carbocycles. The number of carbonyl (C=O) groups is 4. The Balaban J connectivity index is 1.44. The summed E-state index contributed by atoms with van der Waals surface area (Å²) in [6, 6.07) is 6.66.